The van der Waals surface area contributed by atoms with Crippen molar-refractivity contribution >= 4 is 15.7 Å². The number of hydrogen-bond donors (Lipinski definition) is 1. The van der Waals surface area contributed by atoms with Crippen molar-refractivity contribution in [2.45, 2.75) is 32.1 Å². The number of ether oxygens (including phenoxy) is 1. The van der Waals surface area contributed by atoms with E-state index < -0.39 is 15.7 Å². The summed E-state index contributed by atoms with van der Waals surface area (Å²) >= 11 is 0. The van der Waals surface area contributed by atoms with E-state index in [1.54, 1.807) is 25.1 Å². The molecular formula is C23H30N6O4S. The van der Waals surface area contributed by atoms with E-state index in [2.05, 4.69) is 33.4 Å². The molecule has 34 heavy (non-hydrogen) atoms. The number of fused-ring (bicyclic) bond motifs is 1. The molecule has 0 atom stereocenters. The van der Waals surface area contributed by atoms with Crippen LogP contribution in [0.4, 0.5) is 0 Å². The third-order valence-corrected chi connectivity index (χ3v) is 7.89. The van der Waals surface area contributed by atoms with Crippen molar-refractivity contribution < 1.29 is 13.2 Å². The highest BCUT2D eigenvalue weighted by atomic mass is 32.2. The van der Waals surface area contributed by atoms with Crippen molar-refractivity contribution in [3.8, 4) is 17.1 Å². The molecule has 1 N–H and O–H groups in total. The normalized spacial score (nSPS) is 15.6. The highest BCUT2D eigenvalue weighted by Gasteiger charge is 2.29. The zero-order valence-electron chi connectivity index (χ0n) is 19.7. The summed E-state index contributed by atoms with van der Waals surface area (Å²) < 4.78 is 35.5. The fourth-order valence-electron chi connectivity index (χ4n) is 4.20. The Labute approximate surface area is 199 Å². The van der Waals surface area contributed by atoms with Crippen molar-refractivity contribution in [3.05, 3.63) is 52.9 Å². The standard InChI is InChI=1S/C23H30N6O4S/c1-5-8-19-22-25-21(26-23(30)29(22)16(4)24-19)18-15-17(9-10-20(18)33-7-3)34(31,32)28-13-11-27(6-2)12-14-28/h5,9-10,15H,1,6-8,11-14H2,2-4H3,(H,25,26,30). The second-order valence-electron chi connectivity index (χ2n) is 8.08. The second kappa shape index (κ2) is 9.69. The SMILES string of the molecule is C=CCc1nc(C)n2c(=O)[nH]c(-c3cc(S(=O)(=O)N4CCN(CC)CC4)ccc3OCC)nc12. The van der Waals surface area contributed by atoms with E-state index in [9.17, 15) is 13.2 Å². The quantitative estimate of drug-likeness (QED) is 0.484. The summed E-state index contributed by atoms with van der Waals surface area (Å²) in [6, 6.07) is 4.68. The van der Waals surface area contributed by atoms with Crippen molar-refractivity contribution in [3.63, 3.8) is 0 Å². The van der Waals surface area contributed by atoms with Crippen LogP contribution in [-0.2, 0) is 16.4 Å². The maximum atomic E-state index is 13.4. The number of nitrogens with zero attached hydrogens (tertiary/aromatic N) is 5. The molecule has 1 aromatic carbocycles. The number of imidazole rings is 1. The molecule has 0 spiro atoms. The number of rotatable bonds is 8. The number of aromatic nitrogens is 4. The van der Waals surface area contributed by atoms with Crippen LogP contribution in [0, 0.1) is 6.92 Å². The first-order chi connectivity index (χ1) is 16.3. The highest BCUT2D eigenvalue weighted by molar-refractivity contribution is 7.89. The number of piperazine rings is 1. The van der Waals surface area contributed by atoms with Crippen LogP contribution in [0.2, 0.25) is 0 Å². The number of aromatic amines is 1. The number of benzene rings is 1. The molecule has 1 aliphatic rings. The molecule has 3 heterocycles. The van der Waals surface area contributed by atoms with E-state index in [0.29, 0.717) is 67.7 Å². The van der Waals surface area contributed by atoms with Gasteiger partial charge in [0.2, 0.25) is 10.0 Å². The molecule has 0 amide bonds. The number of hydrogen-bond acceptors (Lipinski definition) is 7. The van der Waals surface area contributed by atoms with Crippen LogP contribution in [0.3, 0.4) is 0 Å². The van der Waals surface area contributed by atoms with E-state index in [0.717, 1.165) is 6.54 Å². The summed E-state index contributed by atoms with van der Waals surface area (Å²) in [6.07, 6.45) is 2.14. The van der Waals surface area contributed by atoms with Crippen LogP contribution in [0.15, 0.2) is 40.5 Å². The molecular weight excluding hydrogens is 456 g/mol. The lowest BCUT2D eigenvalue weighted by Crippen LogP contribution is -2.48. The average Bonchev–Trinajstić information content (AvgIpc) is 3.15. The fraction of sp³-hybridized carbons (Fsp3) is 0.435. The van der Waals surface area contributed by atoms with E-state index in [4.69, 9.17) is 4.74 Å². The molecule has 0 radical (unpaired) electrons. The van der Waals surface area contributed by atoms with Crippen molar-refractivity contribution in [1.82, 2.24) is 28.6 Å². The molecule has 2 aromatic heterocycles. The van der Waals surface area contributed by atoms with Gasteiger partial charge >= 0.3 is 5.69 Å². The Morgan fingerprint density at radius 3 is 2.56 bits per heavy atom. The predicted octanol–water partition coefficient (Wildman–Crippen LogP) is 1.85. The first-order valence-electron chi connectivity index (χ1n) is 11.4. The molecule has 1 aliphatic heterocycles. The van der Waals surface area contributed by atoms with Gasteiger partial charge in [-0.2, -0.15) is 4.31 Å². The molecule has 182 valence electrons. The van der Waals surface area contributed by atoms with Crippen LogP contribution < -0.4 is 10.4 Å². The smallest absolute Gasteiger partial charge is 0.334 e. The zero-order chi connectivity index (χ0) is 24.5. The van der Waals surface area contributed by atoms with Gasteiger partial charge in [-0.1, -0.05) is 13.0 Å². The Balaban J connectivity index is 1.82. The number of aryl methyl sites for hydroxylation is 1. The lowest BCUT2D eigenvalue weighted by atomic mass is 10.2. The summed E-state index contributed by atoms with van der Waals surface area (Å²) in [4.78, 5) is 27.1. The average molecular weight is 487 g/mol. The molecule has 3 aromatic rings. The molecule has 0 aliphatic carbocycles. The Morgan fingerprint density at radius 2 is 1.91 bits per heavy atom. The maximum Gasteiger partial charge on any atom is 0.334 e. The van der Waals surface area contributed by atoms with Crippen LogP contribution in [0.1, 0.15) is 25.4 Å². The van der Waals surface area contributed by atoms with Gasteiger partial charge in [-0.05, 0) is 38.6 Å². The number of allylic oxidation sites excluding steroid dienone is 1. The van der Waals surface area contributed by atoms with Gasteiger partial charge in [-0.25, -0.2) is 27.6 Å². The van der Waals surface area contributed by atoms with Crippen molar-refractivity contribution in [2.24, 2.45) is 0 Å². The van der Waals surface area contributed by atoms with Gasteiger partial charge in [0.1, 0.15) is 17.4 Å². The van der Waals surface area contributed by atoms with E-state index in [1.165, 1.54) is 14.8 Å². The van der Waals surface area contributed by atoms with Gasteiger partial charge in [-0.3, -0.25) is 4.98 Å². The van der Waals surface area contributed by atoms with E-state index in [1.807, 2.05) is 6.92 Å². The molecule has 1 fully saturated rings. The van der Waals surface area contributed by atoms with Gasteiger partial charge in [0.05, 0.1) is 22.8 Å². The lowest BCUT2D eigenvalue weighted by Gasteiger charge is -2.33. The molecule has 4 rings (SSSR count). The number of H-pyrrole nitrogens is 1. The largest absolute Gasteiger partial charge is 0.493 e. The Bertz CT molecular complexity index is 1370. The minimum absolute atomic E-state index is 0.134. The summed E-state index contributed by atoms with van der Waals surface area (Å²) in [5.41, 5.74) is 1.02. The molecule has 0 unspecified atom stereocenters. The predicted molar refractivity (Wildman–Crippen MR) is 130 cm³/mol. The summed E-state index contributed by atoms with van der Waals surface area (Å²) in [5.74, 6) is 1.17. The van der Waals surface area contributed by atoms with Gasteiger partial charge in [0, 0.05) is 32.6 Å². The van der Waals surface area contributed by atoms with Crippen molar-refractivity contribution in [2.75, 3.05) is 39.3 Å². The Kier molecular flexibility index (Phi) is 6.87. The molecule has 0 saturated carbocycles. The first kappa shape index (κ1) is 24.1. The highest BCUT2D eigenvalue weighted by Crippen LogP contribution is 2.32. The zero-order valence-corrected chi connectivity index (χ0v) is 20.6. The molecule has 1 saturated heterocycles. The number of sulfonamides is 1. The van der Waals surface area contributed by atoms with Gasteiger partial charge in [0.15, 0.2) is 5.65 Å². The van der Waals surface area contributed by atoms with Crippen LogP contribution in [0.5, 0.6) is 5.75 Å². The number of nitrogens with one attached hydrogen (secondary N) is 1. The topological polar surface area (TPSA) is 113 Å². The van der Waals surface area contributed by atoms with Gasteiger partial charge in [-0.15, -0.1) is 6.58 Å². The Hall–Kier alpha value is -3.02. The summed E-state index contributed by atoms with van der Waals surface area (Å²) in [7, 11) is -3.72. The third kappa shape index (κ3) is 4.38. The van der Waals surface area contributed by atoms with Crippen LogP contribution in [-0.4, -0.2) is 76.3 Å². The van der Waals surface area contributed by atoms with Gasteiger partial charge in [0.25, 0.3) is 0 Å². The fourth-order valence-corrected chi connectivity index (χ4v) is 5.65. The van der Waals surface area contributed by atoms with E-state index in [-0.39, 0.29) is 10.7 Å². The minimum atomic E-state index is -3.72. The second-order valence-corrected chi connectivity index (χ2v) is 10.0. The third-order valence-electron chi connectivity index (χ3n) is 6.00. The summed E-state index contributed by atoms with van der Waals surface area (Å²) in [6.45, 7) is 12.9. The maximum absolute atomic E-state index is 13.4. The monoisotopic (exact) mass is 486 g/mol. The molecule has 0 bridgehead atoms. The van der Waals surface area contributed by atoms with Crippen molar-refractivity contribution in [1.29, 1.82) is 0 Å². The molecule has 11 heteroatoms. The lowest BCUT2D eigenvalue weighted by molar-refractivity contribution is 0.196. The Morgan fingerprint density at radius 1 is 1.18 bits per heavy atom. The first-order valence-corrected chi connectivity index (χ1v) is 12.8. The number of likely N-dealkylation sites (N-methyl/N-ethyl adjacent to an activating group) is 1. The van der Waals surface area contributed by atoms with E-state index >= 15 is 0 Å². The molecule has 10 nitrogen and oxygen atoms in total. The minimum Gasteiger partial charge on any atom is -0.493 e. The van der Waals surface area contributed by atoms with Gasteiger partial charge < -0.3 is 9.64 Å². The summed E-state index contributed by atoms with van der Waals surface area (Å²) in [5, 5.41) is 0. The van der Waals surface area contributed by atoms with Crippen LogP contribution in [0.25, 0.3) is 17.0 Å². The van der Waals surface area contributed by atoms with Crippen LogP contribution >= 0.6 is 0 Å².